The van der Waals surface area contributed by atoms with Gasteiger partial charge in [-0.3, -0.25) is 9.98 Å². The van der Waals surface area contributed by atoms with Gasteiger partial charge < -0.3 is 25.8 Å². The summed E-state index contributed by atoms with van der Waals surface area (Å²) in [7, 11) is -2.10. The Morgan fingerprint density at radius 3 is 0.854 bits per heavy atom. The summed E-state index contributed by atoms with van der Waals surface area (Å²) >= 11 is 3.08. The highest BCUT2D eigenvalue weighted by molar-refractivity contribution is 8.13. The number of thioether (sulfide) groups is 2. The van der Waals surface area contributed by atoms with Crippen LogP contribution in [-0.4, -0.2) is 52.3 Å². The molecule has 0 saturated carbocycles. The Morgan fingerprint density at radius 1 is 0.458 bits per heavy atom. The number of hydrogen-bond acceptors (Lipinski definition) is 7. The van der Waals surface area contributed by atoms with Crippen molar-refractivity contribution >= 4 is 42.5 Å². The highest BCUT2D eigenvalue weighted by atomic mass is 32.2. The Bertz CT molecular complexity index is 599. The summed E-state index contributed by atoms with van der Waals surface area (Å²) in [4.78, 5) is 24.5. The average Bonchev–Trinajstić information content (AvgIpc) is 3.08. The number of rotatable bonds is 32. The molecule has 0 aliphatic rings. The van der Waals surface area contributed by atoms with Crippen LogP contribution in [0.1, 0.15) is 201 Å². The first-order valence-electron chi connectivity index (χ1n) is 19.9. The van der Waals surface area contributed by atoms with Gasteiger partial charge in [0, 0.05) is 13.1 Å². The first-order valence-corrected chi connectivity index (χ1v) is 23.5. The van der Waals surface area contributed by atoms with Gasteiger partial charge in [0.05, 0.1) is 6.61 Å². The summed E-state index contributed by atoms with van der Waals surface area (Å²) in [5, 5.41) is 1.45. The van der Waals surface area contributed by atoms with Crippen molar-refractivity contribution in [1.29, 1.82) is 0 Å². The lowest BCUT2D eigenvalue weighted by Crippen LogP contribution is -2.06. The summed E-state index contributed by atoms with van der Waals surface area (Å²) in [6.07, 6.45) is 43.2. The molecule has 0 aliphatic carbocycles. The molecule has 0 heterocycles. The van der Waals surface area contributed by atoms with Crippen LogP contribution in [0.5, 0.6) is 0 Å². The Kier molecular flexibility index (Phi) is 53.5. The first kappa shape index (κ1) is 52.3. The summed E-state index contributed by atoms with van der Waals surface area (Å²) in [5.74, 6) is 0. The van der Waals surface area contributed by atoms with Crippen LogP contribution in [0.3, 0.4) is 0 Å². The minimum Gasteiger partial charge on any atom is -0.379 e. The Hall–Kier alpha value is -0.0500. The molecule has 48 heavy (non-hydrogen) atoms. The number of nitrogens with two attached hydrogens (primary N) is 2. The van der Waals surface area contributed by atoms with Gasteiger partial charge in [0.15, 0.2) is 10.3 Å². The molecule has 0 bridgehead atoms. The molecule has 0 aliphatic heterocycles. The van der Waals surface area contributed by atoms with Crippen molar-refractivity contribution in [2.75, 3.05) is 32.2 Å². The van der Waals surface area contributed by atoms with Crippen molar-refractivity contribution in [2.24, 2.45) is 21.5 Å². The van der Waals surface area contributed by atoms with Crippen LogP contribution in [0.4, 0.5) is 0 Å². The molecule has 0 fully saturated rings. The Balaban J connectivity index is -0.000000720. The molecule has 0 aromatic heterocycles. The monoisotopic (exact) mass is 739 g/mol. The second-order valence-corrected chi connectivity index (χ2v) is 15.1. The summed E-state index contributed by atoms with van der Waals surface area (Å²) in [5.41, 5.74) is 11.3. The number of unbranched alkanes of at least 4 members (excludes halogenated alkanes) is 26. The van der Waals surface area contributed by atoms with Gasteiger partial charge in [0.2, 0.25) is 0 Å². The fourth-order valence-electron chi connectivity index (χ4n) is 5.24. The van der Waals surface area contributed by atoms with Crippen molar-refractivity contribution in [2.45, 2.75) is 201 Å². The molecule has 7 nitrogen and oxygen atoms in total. The minimum atomic E-state index is -2.10. The number of nitrogens with zero attached hydrogens (tertiary/aromatic N) is 2. The molecule has 10 heteroatoms. The second kappa shape index (κ2) is 49.1. The van der Waals surface area contributed by atoms with E-state index in [1.807, 2.05) is 12.5 Å². The third kappa shape index (κ3) is 55.4. The number of aliphatic imine (C=N–C) groups is 2. The van der Waals surface area contributed by atoms with Crippen LogP contribution < -0.4 is 11.5 Å². The molecule has 290 valence electrons. The van der Waals surface area contributed by atoms with E-state index in [1.54, 1.807) is 6.92 Å². The Morgan fingerprint density at radius 2 is 0.688 bits per heavy atom. The SMILES string of the molecule is CCCCCCCCCCCCCCCCN=C(N)SC.CCCCCCCCCCCCCCCCN=C(N)SC.CCOP(O)O. The summed E-state index contributed by atoms with van der Waals surface area (Å²) in [6.45, 7) is 8.44. The maximum Gasteiger partial charge on any atom is 0.327 e. The molecule has 0 saturated heterocycles. The van der Waals surface area contributed by atoms with Crippen LogP contribution in [0, 0.1) is 0 Å². The van der Waals surface area contributed by atoms with Gasteiger partial charge in [0.1, 0.15) is 0 Å². The fraction of sp³-hybridized carbons (Fsp3) is 0.947. The predicted molar refractivity (Wildman–Crippen MR) is 224 cm³/mol. The molecule has 6 N–H and O–H groups in total. The third-order valence-corrected chi connectivity index (χ3v) is 9.81. The van der Waals surface area contributed by atoms with Gasteiger partial charge in [-0.1, -0.05) is 204 Å². The molecule has 0 radical (unpaired) electrons. The van der Waals surface area contributed by atoms with Crippen molar-refractivity contribution in [3.8, 4) is 0 Å². The smallest absolute Gasteiger partial charge is 0.327 e. The second-order valence-electron chi connectivity index (χ2n) is 12.7. The van der Waals surface area contributed by atoms with E-state index < -0.39 is 8.60 Å². The number of hydrogen-bond donors (Lipinski definition) is 4. The van der Waals surface area contributed by atoms with Gasteiger partial charge in [0.25, 0.3) is 0 Å². The van der Waals surface area contributed by atoms with Gasteiger partial charge in [-0.05, 0) is 32.3 Å². The van der Waals surface area contributed by atoms with E-state index in [1.165, 1.54) is 203 Å². The standard InChI is InChI=1S/2C18H38N2S.C2H7O3P/c2*1-3-4-5-6-7-8-9-10-11-12-13-14-15-16-17-20-18(19)21-2;1-2-5-6(3)4/h2*3-17H2,1-2H3,(H2,19,20);3-4H,2H2,1H3. The lowest BCUT2D eigenvalue weighted by atomic mass is 10.0. The molecule has 0 amide bonds. The van der Waals surface area contributed by atoms with Gasteiger partial charge in [-0.2, -0.15) is 0 Å². The van der Waals surface area contributed by atoms with Crippen molar-refractivity contribution in [3.63, 3.8) is 0 Å². The van der Waals surface area contributed by atoms with Crippen LogP contribution in [0.2, 0.25) is 0 Å². The number of amidine groups is 2. The van der Waals surface area contributed by atoms with Crippen LogP contribution in [0.15, 0.2) is 9.98 Å². The highest BCUT2D eigenvalue weighted by Gasteiger charge is 1.96. The maximum absolute atomic E-state index is 7.95. The molecular weight excluding hydrogens is 656 g/mol. The largest absolute Gasteiger partial charge is 0.379 e. The van der Waals surface area contributed by atoms with E-state index in [0.29, 0.717) is 6.61 Å². The summed E-state index contributed by atoms with van der Waals surface area (Å²) in [6, 6.07) is 0. The van der Waals surface area contributed by atoms with Crippen LogP contribution >= 0.6 is 32.1 Å². The highest BCUT2D eigenvalue weighted by Crippen LogP contribution is 2.22. The lowest BCUT2D eigenvalue weighted by Gasteiger charge is -2.03. The van der Waals surface area contributed by atoms with Crippen LogP contribution in [0.25, 0.3) is 0 Å². The molecule has 0 atom stereocenters. The molecule has 0 rings (SSSR count). The average molecular weight is 739 g/mol. The van der Waals surface area contributed by atoms with Crippen molar-refractivity contribution in [3.05, 3.63) is 0 Å². The zero-order valence-corrected chi connectivity index (χ0v) is 35.1. The maximum atomic E-state index is 7.95. The van der Waals surface area contributed by atoms with E-state index in [0.717, 1.165) is 23.4 Å². The summed E-state index contributed by atoms with van der Waals surface area (Å²) < 4.78 is 4.22. The van der Waals surface area contributed by atoms with Gasteiger partial charge >= 0.3 is 8.60 Å². The van der Waals surface area contributed by atoms with E-state index in [4.69, 9.17) is 21.3 Å². The van der Waals surface area contributed by atoms with E-state index >= 15 is 0 Å². The zero-order valence-electron chi connectivity index (χ0n) is 32.5. The van der Waals surface area contributed by atoms with E-state index in [9.17, 15) is 0 Å². The van der Waals surface area contributed by atoms with E-state index in [2.05, 4.69) is 28.4 Å². The Labute approximate surface area is 309 Å². The fourth-order valence-corrected chi connectivity index (χ4v) is 5.91. The normalized spacial score (nSPS) is 11.8. The topological polar surface area (TPSA) is 126 Å². The first-order chi connectivity index (χ1) is 23.4. The van der Waals surface area contributed by atoms with Gasteiger partial charge in [-0.15, -0.1) is 0 Å². The van der Waals surface area contributed by atoms with Crippen LogP contribution in [-0.2, 0) is 4.52 Å². The quantitative estimate of drug-likeness (QED) is 0.0234. The molecule has 0 aromatic rings. The lowest BCUT2D eigenvalue weighted by molar-refractivity contribution is 0.269. The molecular formula is C38H83N4O3PS2. The van der Waals surface area contributed by atoms with Gasteiger partial charge in [-0.25, -0.2) is 0 Å². The third-order valence-electron chi connectivity index (χ3n) is 8.22. The van der Waals surface area contributed by atoms with Crippen molar-refractivity contribution in [1.82, 2.24) is 0 Å². The van der Waals surface area contributed by atoms with E-state index in [-0.39, 0.29) is 0 Å². The van der Waals surface area contributed by atoms with Crippen molar-refractivity contribution < 1.29 is 14.3 Å². The zero-order chi connectivity index (χ0) is 36.2. The minimum absolute atomic E-state index is 0.360. The molecule has 0 spiro atoms. The molecule has 0 aromatic carbocycles. The molecule has 0 unspecified atom stereocenters. The predicted octanol–water partition coefficient (Wildman–Crippen LogP) is 12.5.